The molecule has 40 heavy (non-hydrogen) atoms. The Kier molecular flexibility index (Phi) is 13.4. The quantitative estimate of drug-likeness (QED) is 0.481. The molecule has 2 aliphatic heterocycles. The van der Waals surface area contributed by atoms with Gasteiger partial charge in [-0.1, -0.05) is 12.1 Å². The van der Waals surface area contributed by atoms with Crippen LogP contribution >= 0.6 is 0 Å². The Balaban J connectivity index is 2.30. The van der Waals surface area contributed by atoms with Crippen molar-refractivity contribution < 1.29 is 38.1 Å². The van der Waals surface area contributed by atoms with E-state index in [4.69, 9.17) is 18.9 Å². The Morgan fingerprint density at radius 1 is 1.05 bits per heavy atom. The first-order chi connectivity index (χ1) is 19.1. The molecule has 0 fully saturated rings. The molecule has 2 bridgehead atoms. The first-order valence-electron chi connectivity index (χ1n) is 13.8. The zero-order valence-corrected chi connectivity index (χ0v) is 24.5. The third-order valence-electron chi connectivity index (χ3n) is 7.02. The van der Waals surface area contributed by atoms with Gasteiger partial charge < -0.3 is 34.5 Å². The zero-order valence-electron chi connectivity index (χ0n) is 24.5. The summed E-state index contributed by atoms with van der Waals surface area (Å²) in [5.41, 5.74) is -1.22. The summed E-state index contributed by atoms with van der Waals surface area (Å²) in [4.78, 5) is 53.2. The summed E-state index contributed by atoms with van der Waals surface area (Å²) in [6.07, 6.45) is 1.77. The summed E-state index contributed by atoms with van der Waals surface area (Å²) in [6.45, 7) is 6.67. The molecule has 11 nitrogen and oxygen atoms in total. The van der Waals surface area contributed by atoms with Crippen molar-refractivity contribution in [1.29, 1.82) is 0 Å². The van der Waals surface area contributed by atoms with E-state index < -0.39 is 17.0 Å². The van der Waals surface area contributed by atoms with E-state index in [0.29, 0.717) is 57.7 Å². The normalized spacial score (nSPS) is 20.2. The van der Waals surface area contributed by atoms with Crippen LogP contribution in [0.3, 0.4) is 0 Å². The van der Waals surface area contributed by atoms with Gasteiger partial charge in [0.1, 0.15) is 11.4 Å². The van der Waals surface area contributed by atoms with Crippen LogP contribution in [0, 0.1) is 5.41 Å². The number of rotatable bonds is 7. The number of methoxy groups -OCH3 is 2. The van der Waals surface area contributed by atoms with Crippen molar-refractivity contribution in [3.8, 4) is 5.75 Å². The highest BCUT2D eigenvalue weighted by Crippen LogP contribution is 2.30. The molecule has 1 unspecified atom stereocenters. The van der Waals surface area contributed by atoms with Gasteiger partial charge in [0.15, 0.2) is 6.61 Å². The third-order valence-corrected chi connectivity index (χ3v) is 7.02. The molecule has 1 aromatic rings. The standard InChI is InChI=1S/C29H45N3O8/c1-6-39-27(36)29(14-18-37-4)19-22-10-12-23(13-11-22)40-20-25(34)30-15-8-17-32(26(35)28(2,3)38-5)16-7-9-24(33)31-21-29/h10-13H,6-9,14-21H2,1-5H3,(H,30,34)(H,31,33). The van der Waals surface area contributed by atoms with Crippen molar-refractivity contribution in [3.05, 3.63) is 29.8 Å². The average molecular weight is 564 g/mol. The molecule has 224 valence electrons. The SMILES string of the molecule is CCOC(=O)C1(CCOC)CNC(=O)CCCN(C(=O)C(C)(C)OC)CCCNC(=O)COc2ccc(cc2)C1. The monoisotopic (exact) mass is 563 g/mol. The molecule has 3 rings (SSSR count). The number of nitrogens with zero attached hydrogens (tertiary/aromatic N) is 1. The van der Waals surface area contributed by atoms with Crippen LogP contribution in [0.2, 0.25) is 0 Å². The fourth-order valence-electron chi connectivity index (χ4n) is 4.43. The lowest BCUT2D eigenvalue weighted by molar-refractivity contribution is -0.156. The molecule has 0 radical (unpaired) electrons. The fraction of sp³-hybridized carbons (Fsp3) is 0.655. The van der Waals surface area contributed by atoms with Gasteiger partial charge in [0.05, 0.1) is 12.0 Å². The highest BCUT2D eigenvalue weighted by molar-refractivity contribution is 5.84. The van der Waals surface area contributed by atoms with Crippen LogP contribution in [-0.4, -0.2) is 94.4 Å². The summed E-state index contributed by atoms with van der Waals surface area (Å²) >= 11 is 0. The maximum Gasteiger partial charge on any atom is 0.314 e. The van der Waals surface area contributed by atoms with Gasteiger partial charge in [-0.15, -0.1) is 0 Å². The van der Waals surface area contributed by atoms with Gasteiger partial charge in [-0.3, -0.25) is 19.2 Å². The van der Waals surface area contributed by atoms with Crippen molar-refractivity contribution >= 4 is 23.7 Å². The maximum absolute atomic E-state index is 13.3. The summed E-state index contributed by atoms with van der Waals surface area (Å²) < 4.78 is 21.7. The smallest absolute Gasteiger partial charge is 0.314 e. The lowest BCUT2D eigenvalue weighted by Gasteiger charge is -2.32. The zero-order chi connectivity index (χ0) is 29.6. The minimum Gasteiger partial charge on any atom is -0.484 e. The number of amides is 3. The Labute approximate surface area is 237 Å². The van der Waals surface area contributed by atoms with E-state index in [2.05, 4.69) is 10.6 Å². The number of hydrogen-bond acceptors (Lipinski definition) is 8. The summed E-state index contributed by atoms with van der Waals surface area (Å²) in [6, 6.07) is 7.15. The highest BCUT2D eigenvalue weighted by atomic mass is 16.5. The van der Waals surface area contributed by atoms with Crippen LogP contribution in [-0.2, 0) is 39.8 Å². The van der Waals surface area contributed by atoms with E-state index in [1.807, 2.05) is 12.1 Å². The molecular formula is C29H45N3O8. The molecule has 0 aliphatic carbocycles. The lowest BCUT2D eigenvalue weighted by Crippen LogP contribution is -2.48. The largest absolute Gasteiger partial charge is 0.484 e. The minimum absolute atomic E-state index is 0.0752. The predicted molar refractivity (Wildman–Crippen MR) is 149 cm³/mol. The van der Waals surface area contributed by atoms with Crippen LogP contribution in [0.15, 0.2) is 24.3 Å². The number of fused-ring (bicyclic) bond motifs is 17. The van der Waals surface area contributed by atoms with Gasteiger partial charge in [-0.25, -0.2) is 0 Å². The second-order valence-corrected chi connectivity index (χ2v) is 10.4. The van der Waals surface area contributed by atoms with Gasteiger partial charge in [0.2, 0.25) is 5.91 Å². The number of carbonyl (C=O) groups excluding carboxylic acids is 4. The van der Waals surface area contributed by atoms with Crippen molar-refractivity contribution in [1.82, 2.24) is 15.5 Å². The maximum atomic E-state index is 13.3. The Bertz CT molecular complexity index is 982. The topological polar surface area (TPSA) is 132 Å². The Morgan fingerprint density at radius 3 is 2.40 bits per heavy atom. The molecule has 2 heterocycles. The molecule has 0 aromatic heterocycles. The molecule has 2 N–H and O–H groups in total. The second kappa shape index (κ2) is 16.2. The lowest BCUT2D eigenvalue weighted by atomic mass is 9.78. The fourth-order valence-corrected chi connectivity index (χ4v) is 4.43. The van der Waals surface area contributed by atoms with E-state index in [1.54, 1.807) is 44.9 Å². The molecule has 0 spiro atoms. The molecule has 3 amide bonds. The van der Waals surface area contributed by atoms with Crippen molar-refractivity contribution in [2.75, 3.05) is 60.2 Å². The number of esters is 1. The van der Waals surface area contributed by atoms with Crippen molar-refractivity contribution in [3.63, 3.8) is 0 Å². The number of hydrogen-bond donors (Lipinski definition) is 2. The van der Waals surface area contributed by atoms with Gasteiger partial charge in [0, 0.05) is 53.4 Å². The van der Waals surface area contributed by atoms with Gasteiger partial charge in [-0.05, 0) is 64.2 Å². The number of ether oxygens (including phenoxy) is 4. The van der Waals surface area contributed by atoms with Crippen molar-refractivity contribution in [2.24, 2.45) is 5.41 Å². The van der Waals surface area contributed by atoms with Crippen LogP contribution in [0.4, 0.5) is 0 Å². The van der Waals surface area contributed by atoms with Gasteiger partial charge in [0.25, 0.3) is 11.8 Å². The number of nitrogens with one attached hydrogen (secondary N) is 2. The first kappa shape index (κ1) is 33.0. The van der Waals surface area contributed by atoms with E-state index >= 15 is 0 Å². The molecule has 11 heteroatoms. The molecule has 1 atom stereocenters. The van der Waals surface area contributed by atoms with E-state index in [1.165, 1.54) is 7.11 Å². The third kappa shape index (κ3) is 10.1. The van der Waals surface area contributed by atoms with Gasteiger partial charge in [-0.2, -0.15) is 0 Å². The molecular weight excluding hydrogens is 518 g/mol. The molecule has 1 aromatic carbocycles. The molecule has 0 saturated heterocycles. The average Bonchev–Trinajstić information content (AvgIpc) is 2.94. The van der Waals surface area contributed by atoms with Crippen LogP contribution in [0.25, 0.3) is 0 Å². The van der Waals surface area contributed by atoms with Crippen LogP contribution < -0.4 is 15.4 Å². The highest BCUT2D eigenvalue weighted by Gasteiger charge is 2.40. The predicted octanol–water partition coefficient (Wildman–Crippen LogP) is 1.86. The van der Waals surface area contributed by atoms with E-state index in [-0.39, 0.29) is 43.9 Å². The molecule has 0 saturated carbocycles. The minimum atomic E-state index is -1.05. The summed E-state index contributed by atoms with van der Waals surface area (Å²) in [7, 11) is 3.04. The number of carbonyl (C=O) groups is 4. The van der Waals surface area contributed by atoms with E-state index in [0.717, 1.165) is 5.56 Å². The molecule has 2 aliphatic rings. The second-order valence-electron chi connectivity index (χ2n) is 10.4. The Morgan fingerprint density at radius 2 is 1.75 bits per heavy atom. The number of benzene rings is 1. The van der Waals surface area contributed by atoms with Crippen LogP contribution in [0.1, 0.15) is 52.0 Å². The van der Waals surface area contributed by atoms with Gasteiger partial charge >= 0.3 is 5.97 Å². The van der Waals surface area contributed by atoms with Crippen molar-refractivity contribution in [2.45, 2.75) is 58.5 Å². The van der Waals surface area contributed by atoms with Crippen LogP contribution in [0.5, 0.6) is 5.75 Å². The first-order valence-corrected chi connectivity index (χ1v) is 13.8. The summed E-state index contributed by atoms with van der Waals surface area (Å²) in [5, 5.41) is 5.74. The van der Waals surface area contributed by atoms with E-state index in [9.17, 15) is 19.2 Å². The summed E-state index contributed by atoms with van der Waals surface area (Å²) in [5.74, 6) is -0.596. The Hall–Kier alpha value is -3.18.